The monoisotopic (exact) mass is 181 g/mol. The zero-order chi connectivity index (χ0) is 9.52. The standard InChI is InChI=1S/C11H19NO/c1-3-4-5-6-11(12-2)10-7-8-13-9-10/h7-9,11-12H,3-6H2,1-2H3. The van der Waals surface area contributed by atoms with Gasteiger partial charge < -0.3 is 9.73 Å². The van der Waals surface area contributed by atoms with Gasteiger partial charge in [-0.25, -0.2) is 0 Å². The van der Waals surface area contributed by atoms with E-state index in [9.17, 15) is 0 Å². The lowest BCUT2D eigenvalue weighted by Gasteiger charge is -2.13. The lowest BCUT2D eigenvalue weighted by Crippen LogP contribution is -2.15. The first kappa shape index (κ1) is 10.3. The maximum atomic E-state index is 5.06. The fraction of sp³-hybridized carbons (Fsp3) is 0.636. The highest BCUT2D eigenvalue weighted by Crippen LogP contribution is 2.19. The van der Waals surface area contributed by atoms with E-state index in [1.807, 2.05) is 19.4 Å². The van der Waals surface area contributed by atoms with Crippen LogP contribution in [0.3, 0.4) is 0 Å². The Kier molecular flexibility index (Phi) is 4.61. The molecule has 13 heavy (non-hydrogen) atoms. The first-order valence-corrected chi connectivity index (χ1v) is 5.07. The van der Waals surface area contributed by atoms with Crippen molar-refractivity contribution < 1.29 is 4.42 Å². The first-order chi connectivity index (χ1) is 6.38. The number of hydrogen-bond donors (Lipinski definition) is 1. The molecule has 1 aromatic rings. The second-order valence-electron chi connectivity index (χ2n) is 3.39. The highest BCUT2D eigenvalue weighted by molar-refractivity contribution is 5.10. The highest BCUT2D eigenvalue weighted by atomic mass is 16.3. The quantitative estimate of drug-likeness (QED) is 0.682. The minimum atomic E-state index is 0.463. The molecule has 0 aliphatic heterocycles. The topological polar surface area (TPSA) is 25.2 Å². The third kappa shape index (κ3) is 3.23. The molecule has 0 saturated heterocycles. The predicted molar refractivity (Wildman–Crippen MR) is 54.7 cm³/mol. The number of nitrogens with one attached hydrogen (secondary N) is 1. The van der Waals surface area contributed by atoms with Crippen molar-refractivity contribution in [2.75, 3.05) is 7.05 Å². The number of rotatable bonds is 6. The van der Waals surface area contributed by atoms with Crippen molar-refractivity contribution in [2.45, 2.75) is 38.6 Å². The molecule has 1 heterocycles. The van der Waals surface area contributed by atoms with Crippen molar-refractivity contribution in [3.63, 3.8) is 0 Å². The average Bonchev–Trinajstić information content (AvgIpc) is 2.65. The SMILES string of the molecule is CCCCCC(NC)c1ccoc1. The van der Waals surface area contributed by atoms with Crippen LogP contribution in [0.1, 0.15) is 44.2 Å². The van der Waals surface area contributed by atoms with Crippen LogP contribution >= 0.6 is 0 Å². The lowest BCUT2D eigenvalue weighted by atomic mass is 10.0. The van der Waals surface area contributed by atoms with Gasteiger partial charge in [-0.15, -0.1) is 0 Å². The third-order valence-corrected chi connectivity index (χ3v) is 2.39. The van der Waals surface area contributed by atoms with Crippen molar-refractivity contribution in [2.24, 2.45) is 0 Å². The van der Waals surface area contributed by atoms with E-state index in [4.69, 9.17) is 4.42 Å². The molecule has 1 rings (SSSR count). The molecule has 1 unspecified atom stereocenters. The molecule has 2 nitrogen and oxygen atoms in total. The van der Waals surface area contributed by atoms with Gasteiger partial charge >= 0.3 is 0 Å². The second kappa shape index (κ2) is 5.81. The van der Waals surface area contributed by atoms with E-state index >= 15 is 0 Å². The lowest BCUT2D eigenvalue weighted by molar-refractivity contribution is 0.499. The summed E-state index contributed by atoms with van der Waals surface area (Å²) in [6, 6.07) is 2.50. The van der Waals surface area contributed by atoms with Gasteiger partial charge in [0.1, 0.15) is 0 Å². The van der Waals surface area contributed by atoms with E-state index in [-0.39, 0.29) is 0 Å². The summed E-state index contributed by atoms with van der Waals surface area (Å²) in [5.41, 5.74) is 1.26. The molecule has 1 atom stereocenters. The summed E-state index contributed by atoms with van der Waals surface area (Å²) in [6.07, 6.45) is 8.64. The molecule has 0 amide bonds. The van der Waals surface area contributed by atoms with Crippen LogP contribution in [0.25, 0.3) is 0 Å². The van der Waals surface area contributed by atoms with Gasteiger partial charge in [0.05, 0.1) is 12.5 Å². The predicted octanol–water partition coefficient (Wildman–Crippen LogP) is 3.12. The maximum absolute atomic E-state index is 5.06. The van der Waals surface area contributed by atoms with Gasteiger partial charge in [-0.05, 0) is 19.5 Å². The fourth-order valence-electron chi connectivity index (χ4n) is 1.55. The molecular formula is C11H19NO. The Labute approximate surface area is 80.3 Å². The molecule has 0 bridgehead atoms. The Hall–Kier alpha value is -0.760. The zero-order valence-electron chi connectivity index (χ0n) is 8.55. The van der Waals surface area contributed by atoms with Crippen molar-refractivity contribution in [3.8, 4) is 0 Å². The fourth-order valence-corrected chi connectivity index (χ4v) is 1.55. The van der Waals surface area contributed by atoms with Gasteiger partial charge in [0.25, 0.3) is 0 Å². The summed E-state index contributed by atoms with van der Waals surface area (Å²) in [4.78, 5) is 0. The van der Waals surface area contributed by atoms with Crippen LogP contribution < -0.4 is 5.32 Å². The summed E-state index contributed by atoms with van der Waals surface area (Å²) < 4.78 is 5.06. The highest BCUT2D eigenvalue weighted by Gasteiger charge is 2.08. The van der Waals surface area contributed by atoms with Crippen molar-refractivity contribution in [1.29, 1.82) is 0 Å². The second-order valence-corrected chi connectivity index (χ2v) is 3.39. The summed E-state index contributed by atoms with van der Waals surface area (Å²) in [5.74, 6) is 0. The van der Waals surface area contributed by atoms with E-state index in [1.165, 1.54) is 31.2 Å². The van der Waals surface area contributed by atoms with Crippen molar-refractivity contribution in [1.82, 2.24) is 5.32 Å². The molecule has 0 fully saturated rings. The summed E-state index contributed by atoms with van der Waals surface area (Å²) in [6.45, 7) is 2.23. The van der Waals surface area contributed by atoms with E-state index in [0.29, 0.717) is 6.04 Å². The number of furan rings is 1. The molecule has 0 aliphatic rings. The number of unbranched alkanes of at least 4 members (excludes halogenated alkanes) is 2. The van der Waals surface area contributed by atoms with Crippen LogP contribution in [0, 0.1) is 0 Å². The maximum Gasteiger partial charge on any atom is 0.0950 e. The zero-order valence-corrected chi connectivity index (χ0v) is 8.55. The molecule has 0 aromatic carbocycles. The Balaban J connectivity index is 2.35. The largest absolute Gasteiger partial charge is 0.472 e. The van der Waals surface area contributed by atoms with Gasteiger partial charge in [0.2, 0.25) is 0 Å². The van der Waals surface area contributed by atoms with Crippen LogP contribution in [0.5, 0.6) is 0 Å². The minimum absolute atomic E-state index is 0.463. The third-order valence-electron chi connectivity index (χ3n) is 2.39. The van der Waals surface area contributed by atoms with Crippen LogP contribution in [-0.4, -0.2) is 7.05 Å². The molecule has 0 spiro atoms. The smallest absolute Gasteiger partial charge is 0.0950 e. The van der Waals surface area contributed by atoms with Crippen LogP contribution in [-0.2, 0) is 0 Å². The Morgan fingerprint density at radius 2 is 2.31 bits per heavy atom. The van der Waals surface area contributed by atoms with Crippen molar-refractivity contribution >= 4 is 0 Å². The molecular weight excluding hydrogens is 162 g/mol. The Bertz CT molecular complexity index is 206. The molecule has 0 saturated carbocycles. The van der Waals surface area contributed by atoms with Crippen LogP contribution in [0.2, 0.25) is 0 Å². The number of hydrogen-bond acceptors (Lipinski definition) is 2. The normalized spacial score (nSPS) is 13.1. The molecule has 0 aliphatic carbocycles. The average molecular weight is 181 g/mol. The Morgan fingerprint density at radius 1 is 1.46 bits per heavy atom. The van der Waals surface area contributed by atoms with E-state index < -0.39 is 0 Å². The molecule has 74 valence electrons. The molecule has 0 radical (unpaired) electrons. The molecule has 1 aromatic heterocycles. The van der Waals surface area contributed by atoms with Gasteiger partial charge in [-0.2, -0.15) is 0 Å². The molecule has 1 N–H and O–H groups in total. The Morgan fingerprint density at radius 3 is 2.85 bits per heavy atom. The van der Waals surface area contributed by atoms with E-state index in [2.05, 4.69) is 12.2 Å². The van der Waals surface area contributed by atoms with Crippen LogP contribution in [0.4, 0.5) is 0 Å². The van der Waals surface area contributed by atoms with Gasteiger partial charge in [-0.3, -0.25) is 0 Å². The molecule has 2 heteroatoms. The van der Waals surface area contributed by atoms with Gasteiger partial charge in [0, 0.05) is 11.6 Å². The summed E-state index contributed by atoms with van der Waals surface area (Å²) in [7, 11) is 2.00. The minimum Gasteiger partial charge on any atom is -0.472 e. The van der Waals surface area contributed by atoms with E-state index in [0.717, 1.165) is 0 Å². The summed E-state index contributed by atoms with van der Waals surface area (Å²) >= 11 is 0. The summed E-state index contributed by atoms with van der Waals surface area (Å²) in [5, 5.41) is 3.30. The van der Waals surface area contributed by atoms with E-state index in [1.54, 1.807) is 6.26 Å². The van der Waals surface area contributed by atoms with Crippen molar-refractivity contribution in [3.05, 3.63) is 24.2 Å². The van der Waals surface area contributed by atoms with Crippen LogP contribution in [0.15, 0.2) is 23.0 Å². The first-order valence-electron chi connectivity index (χ1n) is 5.07. The van der Waals surface area contributed by atoms with Gasteiger partial charge in [0.15, 0.2) is 0 Å². The van der Waals surface area contributed by atoms with Gasteiger partial charge in [-0.1, -0.05) is 26.2 Å².